The van der Waals surface area contributed by atoms with E-state index in [-0.39, 0.29) is 16.8 Å². The van der Waals surface area contributed by atoms with Crippen LogP contribution in [-0.2, 0) is 6.54 Å². The van der Waals surface area contributed by atoms with Crippen LogP contribution in [0.4, 0.5) is 22.0 Å². The lowest BCUT2D eigenvalue weighted by Gasteiger charge is -2.13. The number of nitrogens with zero attached hydrogens (tertiary/aromatic N) is 1. The molecular weight excluding hydrogens is 315 g/mol. The van der Waals surface area contributed by atoms with E-state index in [9.17, 15) is 22.0 Å². The molecule has 0 aromatic carbocycles. The Bertz CT molecular complexity index is 410. The summed E-state index contributed by atoms with van der Waals surface area (Å²) in [4.78, 5) is 3.48. The van der Waals surface area contributed by atoms with Crippen molar-refractivity contribution in [3.8, 4) is 5.75 Å². The molecule has 0 bridgehead atoms. The number of aromatic nitrogens is 1. The van der Waals surface area contributed by atoms with Crippen LogP contribution < -0.4 is 10.5 Å². The van der Waals surface area contributed by atoms with Gasteiger partial charge in [0.05, 0.1) is 5.69 Å². The molecule has 1 rings (SSSR count). The first-order chi connectivity index (χ1) is 7.74. The Kier molecular flexibility index (Phi) is 4.26. The van der Waals surface area contributed by atoms with Crippen molar-refractivity contribution in [3.05, 3.63) is 21.9 Å². The highest BCUT2D eigenvalue weighted by Crippen LogP contribution is 2.34. The fourth-order valence-corrected chi connectivity index (χ4v) is 1.48. The van der Waals surface area contributed by atoms with Crippen molar-refractivity contribution in [1.29, 1.82) is 0 Å². The Morgan fingerprint density at radius 3 is 2.41 bits per heavy atom. The summed E-state index contributed by atoms with van der Waals surface area (Å²) in [6.07, 6.45) is -7.96. The van der Waals surface area contributed by atoms with Gasteiger partial charge in [-0.1, -0.05) is 0 Å². The highest BCUT2D eigenvalue weighted by molar-refractivity contribution is 9.10. The van der Waals surface area contributed by atoms with Crippen LogP contribution in [-0.4, -0.2) is 11.3 Å². The summed E-state index contributed by atoms with van der Waals surface area (Å²) < 4.78 is 64.1. The summed E-state index contributed by atoms with van der Waals surface area (Å²) in [5, 5.41) is 0. The predicted molar refractivity (Wildman–Crippen MR) is 51.5 cm³/mol. The Balaban J connectivity index is 3.20. The third-order valence-electron chi connectivity index (χ3n) is 1.71. The standard InChI is InChI=1S/C8H6BrF5N2O/c9-6-5(17-8(12,13)14)1-3(7(10)11)4(2-15)16-6/h1,7H,2,15H2. The van der Waals surface area contributed by atoms with E-state index >= 15 is 0 Å². The van der Waals surface area contributed by atoms with E-state index in [1.54, 1.807) is 0 Å². The SMILES string of the molecule is NCc1nc(Br)c(OC(F)(F)F)cc1C(F)F. The molecule has 0 radical (unpaired) electrons. The quantitative estimate of drug-likeness (QED) is 0.687. The number of hydrogen-bond acceptors (Lipinski definition) is 3. The predicted octanol–water partition coefficient (Wildman–Crippen LogP) is 3.14. The minimum Gasteiger partial charge on any atom is -0.403 e. The summed E-state index contributed by atoms with van der Waals surface area (Å²) in [5.41, 5.74) is 4.28. The number of hydrogen-bond donors (Lipinski definition) is 1. The molecule has 1 heterocycles. The van der Waals surface area contributed by atoms with Crippen molar-refractivity contribution in [2.45, 2.75) is 19.3 Å². The van der Waals surface area contributed by atoms with E-state index in [2.05, 4.69) is 25.7 Å². The Morgan fingerprint density at radius 1 is 1.41 bits per heavy atom. The fourth-order valence-electron chi connectivity index (χ4n) is 1.07. The lowest BCUT2D eigenvalue weighted by atomic mass is 10.2. The second-order valence-electron chi connectivity index (χ2n) is 2.87. The molecule has 2 N–H and O–H groups in total. The van der Waals surface area contributed by atoms with Gasteiger partial charge in [-0.15, -0.1) is 13.2 Å². The molecule has 9 heteroatoms. The minimum absolute atomic E-state index is 0.193. The summed E-state index contributed by atoms with van der Waals surface area (Å²) in [5.74, 6) is -0.829. The summed E-state index contributed by atoms with van der Waals surface area (Å²) >= 11 is 2.69. The second-order valence-corrected chi connectivity index (χ2v) is 3.62. The van der Waals surface area contributed by atoms with Gasteiger partial charge in [0, 0.05) is 12.1 Å². The molecule has 3 nitrogen and oxygen atoms in total. The molecule has 0 aliphatic carbocycles. The van der Waals surface area contributed by atoms with Crippen molar-refractivity contribution >= 4 is 15.9 Å². The molecule has 0 amide bonds. The average molecular weight is 321 g/mol. The zero-order valence-electron chi connectivity index (χ0n) is 8.06. The van der Waals surface area contributed by atoms with Crippen molar-refractivity contribution in [3.63, 3.8) is 0 Å². The van der Waals surface area contributed by atoms with Gasteiger partial charge in [-0.05, 0) is 22.0 Å². The normalized spacial score (nSPS) is 12.0. The Morgan fingerprint density at radius 2 is 2.00 bits per heavy atom. The number of nitrogens with two attached hydrogens (primary N) is 1. The average Bonchev–Trinajstić information content (AvgIpc) is 2.18. The van der Waals surface area contributed by atoms with Crippen LogP contribution >= 0.6 is 15.9 Å². The first-order valence-corrected chi connectivity index (χ1v) is 4.97. The molecule has 0 spiro atoms. The summed E-state index contributed by atoms with van der Waals surface area (Å²) in [6.45, 7) is -0.315. The van der Waals surface area contributed by atoms with Gasteiger partial charge in [-0.25, -0.2) is 13.8 Å². The summed E-state index contributed by atoms with van der Waals surface area (Å²) in [7, 11) is 0. The van der Waals surface area contributed by atoms with E-state index in [1.807, 2.05) is 0 Å². The van der Waals surface area contributed by atoms with Gasteiger partial charge in [-0.3, -0.25) is 0 Å². The zero-order valence-corrected chi connectivity index (χ0v) is 9.65. The molecule has 0 aliphatic rings. The fraction of sp³-hybridized carbons (Fsp3) is 0.375. The smallest absolute Gasteiger partial charge is 0.403 e. The maximum absolute atomic E-state index is 12.5. The first-order valence-electron chi connectivity index (χ1n) is 4.18. The lowest BCUT2D eigenvalue weighted by molar-refractivity contribution is -0.275. The Labute approximate surface area is 101 Å². The summed E-state index contributed by atoms with van der Waals surface area (Å²) in [6, 6.07) is 0.567. The van der Waals surface area contributed by atoms with Crippen LogP contribution in [0.15, 0.2) is 10.7 Å². The third kappa shape index (κ3) is 3.77. The van der Waals surface area contributed by atoms with Crippen LogP contribution in [0.2, 0.25) is 0 Å². The number of pyridine rings is 1. The number of rotatable bonds is 3. The molecule has 0 saturated carbocycles. The van der Waals surface area contributed by atoms with Gasteiger partial charge in [-0.2, -0.15) is 0 Å². The molecule has 96 valence electrons. The van der Waals surface area contributed by atoms with Gasteiger partial charge in [0.25, 0.3) is 6.43 Å². The van der Waals surface area contributed by atoms with Crippen LogP contribution in [0.25, 0.3) is 0 Å². The van der Waals surface area contributed by atoms with Crippen LogP contribution in [0.5, 0.6) is 5.75 Å². The van der Waals surface area contributed by atoms with E-state index in [0.29, 0.717) is 6.07 Å². The molecule has 1 aromatic heterocycles. The molecule has 0 atom stereocenters. The van der Waals surface area contributed by atoms with Crippen molar-refractivity contribution in [2.75, 3.05) is 0 Å². The van der Waals surface area contributed by atoms with Gasteiger partial charge in [0.2, 0.25) is 0 Å². The molecule has 0 fully saturated rings. The topological polar surface area (TPSA) is 48.1 Å². The van der Waals surface area contributed by atoms with Gasteiger partial charge >= 0.3 is 6.36 Å². The molecule has 0 aliphatic heterocycles. The van der Waals surface area contributed by atoms with E-state index < -0.39 is 24.1 Å². The Hall–Kier alpha value is -0.960. The maximum Gasteiger partial charge on any atom is 0.573 e. The molecule has 0 saturated heterocycles. The number of halogens is 6. The molecular formula is C8H6BrF5N2O. The lowest BCUT2D eigenvalue weighted by Crippen LogP contribution is -2.18. The molecule has 1 aromatic rings. The third-order valence-corrected chi connectivity index (χ3v) is 2.28. The van der Waals surface area contributed by atoms with Crippen LogP contribution in [0.1, 0.15) is 17.7 Å². The number of alkyl halides is 5. The first kappa shape index (κ1) is 14.1. The van der Waals surface area contributed by atoms with E-state index in [0.717, 1.165) is 0 Å². The molecule has 17 heavy (non-hydrogen) atoms. The maximum atomic E-state index is 12.5. The van der Waals surface area contributed by atoms with Crippen molar-refractivity contribution in [2.24, 2.45) is 5.73 Å². The largest absolute Gasteiger partial charge is 0.573 e. The van der Waals surface area contributed by atoms with E-state index in [4.69, 9.17) is 5.73 Å². The van der Waals surface area contributed by atoms with E-state index in [1.165, 1.54) is 0 Å². The van der Waals surface area contributed by atoms with Crippen molar-refractivity contribution < 1.29 is 26.7 Å². The van der Waals surface area contributed by atoms with Crippen molar-refractivity contribution in [1.82, 2.24) is 4.98 Å². The van der Waals surface area contributed by atoms with Gasteiger partial charge in [0.1, 0.15) is 4.60 Å². The van der Waals surface area contributed by atoms with Gasteiger partial charge < -0.3 is 10.5 Å². The minimum atomic E-state index is -4.98. The highest BCUT2D eigenvalue weighted by atomic mass is 79.9. The monoisotopic (exact) mass is 320 g/mol. The zero-order chi connectivity index (χ0) is 13.2. The highest BCUT2D eigenvalue weighted by Gasteiger charge is 2.33. The molecule has 0 unspecified atom stereocenters. The van der Waals surface area contributed by atoms with Crippen LogP contribution in [0, 0.1) is 0 Å². The van der Waals surface area contributed by atoms with Crippen LogP contribution in [0.3, 0.4) is 0 Å². The number of ether oxygens (including phenoxy) is 1. The second kappa shape index (κ2) is 5.13. The van der Waals surface area contributed by atoms with Gasteiger partial charge in [0.15, 0.2) is 5.75 Å².